The van der Waals surface area contributed by atoms with Crippen molar-refractivity contribution in [3.05, 3.63) is 71.4 Å². The second-order valence-electron chi connectivity index (χ2n) is 8.92. The number of carbonyl (C=O) groups excluding carboxylic acids is 2. The lowest BCUT2D eigenvalue weighted by Gasteiger charge is -2.44. The molecule has 1 fully saturated rings. The van der Waals surface area contributed by atoms with Gasteiger partial charge < -0.3 is 25.3 Å². The van der Waals surface area contributed by atoms with E-state index in [9.17, 15) is 14.0 Å². The molecule has 1 saturated heterocycles. The van der Waals surface area contributed by atoms with Crippen LogP contribution < -0.4 is 15.4 Å². The minimum atomic E-state index is -0.530. The number of amides is 2. The number of nitrogens with one attached hydrogen (secondary N) is 3. The first-order chi connectivity index (χ1) is 17.4. The van der Waals surface area contributed by atoms with E-state index in [1.54, 1.807) is 29.2 Å². The minimum Gasteiger partial charge on any atom is -0.493 e. The number of benzene rings is 1. The molecule has 2 aromatic heterocycles. The lowest BCUT2D eigenvalue weighted by molar-refractivity contribution is -0.127. The Morgan fingerprint density at radius 2 is 2.08 bits per heavy atom. The molecule has 36 heavy (non-hydrogen) atoms. The van der Waals surface area contributed by atoms with Crippen LogP contribution in [0.2, 0.25) is 5.02 Å². The van der Waals surface area contributed by atoms with Gasteiger partial charge in [-0.1, -0.05) is 24.2 Å². The molecule has 5 rings (SSSR count). The van der Waals surface area contributed by atoms with Gasteiger partial charge in [0.1, 0.15) is 5.69 Å². The van der Waals surface area contributed by atoms with E-state index in [0.29, 0.717) is 66.0 Å². The molecule has 0 radical (unpaired) electrons. The summed E-state index contributed by atoms with van der Waals surface area (Å²) in [4.78, 5) is 34.1. The van der Waals surface area contributed by atoms with E-state index in [1.807, 2.05) is 0 Å². The summed E-state index contributed by atoms with van der Waals surface area (Å²) < 4.78 is 20.5. The smallest absolute Gasteiger partial charge is 0.268 e. The number of anilines is 2. The molecule has 3 N–H and O–H groups in total. The number of ether oxygens (including phenoxy) is 1. The third-order valence-electron chi connectivity index (χ3n) is 7.02. The van der Waals surface area contributed by atoms with E-state index in [0.717, 1.165) is 11.8 Å². The summed E-state index contributed by atoms with van der Waals surface area (Å²) in [6, 6.07) is 6.85. The average Bonchev–Trinajstić information content (AvgIpc) is 3.27. The molecule has 0 atom stereocenters. The van der Waals surface area contributed by atoms with Crippen LogP contribution in [-0.2, 0) is 10.2 Å². The number of H-pyrrole nitrogens is 1. The van der Waals surface area contributed by atoms with Crippen molar-refractivity contribution >= 4 is 34.8 Å². The third kappa shape index (κ3) is 3.89. The predicted molar refractivity (Wildman–Crippen MR) is 135 cm³/mol. The molecular weight excluding hydrogens is 485 g/mol. The SMILES string of the molecule is C=CC(=O)N1CCC2(CC1)CNC(=O)c1[nH]c(-c3ccncc3F)c(Nc3cccc(Cl)c3OC)c12. The van der Waals surface area contributed by atoms with E-state index in [4.69, 9.17) is 16.3 Å². The van der Waals surface area contributed by atoms with Crippen molar-refractivity contribution in [1.29, 1.82) is 0 Å². The van der Waals surface area contributed by atoms with Gasteiger partial charge in [-0.2, -0.15) is 0 Å². The summed E-state index contributed by atoms with van der Waals surface area (Å²) in [6.45, 7) is 4.99. The van der Waals surface area contributed by atoms with E-state index in [1.165, 1.54) is 19.4 Å². The maximum Gasteiger partial charge on any atom is 0.268 e. The molecule has 1 aromatic carbocycles. The third-order valence-corrected chi connectivity index (χ3v) is 7.32. The van der Waals surface area contributed by atoms with Gasteiger partial charge in [0.05, 0.1) is 35.4 Å². The fraction of sp³-hybridized carbons (Fsp3) is 0.269. The molecule has 0 bridgehead atoms. The normalized spacial score (nSPS) is 16.3. The number of carbonyl (C=O) groups is 2. The molecule has 2 amide bonds. The number of aromatic nitrogens is 2. The zero-order valence-corrected chi connectivity index (χ0v) is 20.4. The van der Waals surface area contributed by atoms with Gasteiger partial charge in [0.15, 0.2) is 11.6 Å². The van der Waals surface area contributed by atoms with Crippen LogP contribution in [0.1, 0.15) is 28.9 Å². The Kier molecular flexibility index (Phi) is 6.17. The van der Waals surface area contributed by atoms with Gasteiger partial charge in [0.25, 0.3) is 5.91 Å². The van der Waals surface area contributed by atoms with Gasteiger partial charge >= 0.3 is 0 Å². The quantitative estimate of drug-likeness (QED) is 0.442. The monoisotopic (exact) mass is 509 g/mol. The predicted octanol–water partition coefficient (Wildman–Crippen LogP) is 4.41. The number of pyridine rings is 1. The van der Waals surface area contributed by atoms with Gasteiger partial charge in [-0.05, 0) is 37.1 Å². The van der Waals surface area contributed by atoms with Gasteiger partial charge in [-0.3, -0.25) is 14.6 Å². The maximum atomic E-state index is 15.0. The van der Waals surface area contributed by atoms with Crippen LogP contribution in [0.3, 0.4) is 0 Å². The first kappa shape index (κ1) is 23.9. The lowest BCUT2D eigenvalue weighted by atomic mass is 9.70. The lowest BCUT2D eigenvalue weighted by Crippen LogP contribution is -2.53. The van der Waals surface area contributed by atoms with Gasteiger partial charge in [0, 0.05) is 42.4 Å². The standard InChI is InChI=1S/C26H25ClFN5O3/c1-3-19(34)33-11-8-26(9-12-33)14-30-25(35)23-20(26)22(21(32-23)15-7-10-29-13-17(15)28)31-18-6-4-5-16(27)24(18)36-2/h3-7,10,13,31-32H,1,8-9,11-12,14H2,2H3,(H,30,35). The second-order valence-corrected chi connectivity index (χ2v) is 9.33. The van der Waals surface area contributed by atoms with Crippen LogP contribution >= 0.6 is 11.6 Å². The van der Waals surface area contributed by atoms with Crippen LogP contribution in [0.15, 0.2) is 49.3 Å². The number of nitrogens with zero attached hydrogens (tertiary/aromatic N) is 2. The number of methoxy groups -OCH3 is 1. The Morgan fingerprint density at radius 3 is 2.78 bits per heavy atom. The van der Waals surface area contributed by atoms with Crippen LogP contribution in [0, 0.1) is 5.82 Å². The van der Waals surface area contributed by atoms with Gasteiger partial charge in [0.2, 0.25) is 5.91 Å². The first-order valence-corrected chi connectivity index (χ1v) is 11.9. The van der Waals surface area contributed by atoms with Crippen LogP contribution in [0.5, 0.6) is 5.75 Å². The fourth-order valence-corrected chi connectivity index (χ4v) is 5.44. The summed E-state index contributed by atoms with van der Waals surface area (Å²) in [5.41, 5.74) is 2.46. The number of hydrogen-bond acceptors (Lipinski definition) is 5. The summed E-state index contributed by atoms with van der Waals surface area (Å²) >= 11 is 6.37. The topological polar surface area (TPSA) is 99.4 Å². The molecule has 3 aromatic rings. The van der Waals surface area contributed by atoms with Crippen molar-refractivity contribution in [2.45, 2.75) is 18.3 Å². The molecule has 0 aliphatic carbocycles. The minimum absolute atomic E-state index is 0.124. The van der Waals surface area contributed by atoms with E-state index < -0.39 is 11.2 Å². The number of rotatable bonds is 5. The Labute approximate surface area is 212 Å². The summed E-state index contributed by atoms with van der Waals surface area (Å²) in [7, 11) is 1.52. The highest BCUT2D eigenvalue weighted by molar-refractivity contribution is 6.32. The molecule has 0 unspecified atom stereocenters. The van der Waals surface area contributed by atoms with Crippen LogP contribution in [0.25, 0.3) is 11.3 Å². The molecule has 4 heterocycles. The van der Waals surface area contributed by atoms with Crippen molar-refractivity contribution in [2.24, 2.45) is 0 Å². The average molecular weight is 510 g/mol. The highest BCUT2D eigenvalue weighted by atomic mass is 35.5. The first-order valence-electron chi connectivity index (χ1n) is 11.5. The van der Waals surface area contributed by atoms with Gasteiger partial charge in [-0.15, -0.1) is 0 Å². The highest BCUT2D eigenvalue weighted by Crippen LogP contribution is 2.49. The fourth-order valence-electron chi connectivity index (χ4n) is 5.19. The van der Waals surface area contributed by atoms with E-state index in [2.05, 4.69) is 27.2 Å². The zero-order chi connectivity index (χ0) is 25.4. The van der Waals surface area contributed by atoms with Gasteiger partial charge in [-0.25, -0.2) is 4.39 Å². The largest absolute Gasteiger partial charge is 0.493 e. The van der Waals surface area contributed by atoms with Crippen molar-refractivity contribution in [3.8, 4) is 17.0 Å². The van der Waals surface area contributed by atoms with Crippen molar-refractivity contribution in [3.63, 3.8) is 0 Å². The number of para-hydroxylation sites is 1. The van der Waals surface area contributed by atoms with E-state index >= 15 is 0 Å². The summed E-state index contributed by atoms with van der Waals surface area (Å²) in [5.74, 6) is -0.503. The van der Waals surface area contributed by atoms with Crippen LogP contribution in [0.4, 0.5) is 15.8 Å². The van der Waals surface area contributed by atoms with Crippen molar-refractivity contribution in [1.82, 2.24) is 20.2 Å². The number of likely N-dealkylation sites (tertiary alicyclic amines) is 1. The molecule has 2 aliphatic rings. The molecule has 0 saturated carbocycles. The number of fused-ring (bicyclic) bond motifs is 2. The summed E-state index contributed by atoms with van der Waals surface area (Å²) in [5, 5.41) is 6.79. The molecular formula is C26H25ClFN5O3. The van der Waals surface area contributed by atoms with Crippen LogP contribution in [-0.4, -0.2) is 53.4 Å². The van der Waals surface area contributed by atoms with Crippen molar-refractivity contribution < 1.29 is 18.7 Å². The Balaban J connectivity index is 1.70. The highest BCUT2D eigenvalue weighted by Gasteiger charge is 2.46. The van der Waals surface area contributed by atoms with E-state index in [-0.39, 0.29) is 17.4 Å². The number of hydrogen-bond donors (Lipinski definition) is 3. The van der Waals surface area contributed by atoms with Crippen molar-refractivity contribution in [2.75, 3.05) is 32.1 Å². The number of halogens is 2. The molecule has 8 nitrogen and oxygen atoms in total. The maximum absolute atomic E-state index is 15.0. The number of piperidine rings is 1. The Hall–Kier alpha value is -3.85. The molecule has 186 valence electrons. The Bertz CT molecular complexity index is 1360. The zero-order valence-electron chi connectivity index (χ0n) is 19.7. The molecule has 10 heteroatoms. The molecule has 1 spiro atoms. The Morgan fingerprint density at radius 1 is 1.31 bits per heavy atom. The number of aromatic amines is 1. The summed E-state index contributed by atoms with van der Waals surface area (Å²) in [6.07, 6.45) is 5.16. The second kappa shape index (κ2) is 9.31. The molecule has 2 aliphatic heterocycles.